The van der Waals surface area contributed by atoms with Gasteiger partial charge in [-0.1, -0.05) is 18.1 Å². The second-order valence-electron chi connectivity index (χ2n) is 3.34. The van der Waals surface area contributed by atoms with E-state index in [-0.39, 0.29) is 41.3 Å². The summed E-state index contributed by atoms with van der Waals surface area (Å²) < 4.78 is 0. The van der Waals surface area contributed by atoms with Crippen LogP contribution < -0.4 is 0 Å². The van der Waals surface area contributed by atoms with Crippen LogP contribution in [-0.4, -0.2) is 0 Å². The van der Waals surface area contributed by atoms with E-state index in [9.17, 15) is 0 Å². The van der Waals surface area contributed by atoms with Crippen molar-refractivity contribution in [1.29, 1.82) is 0 Å². The van der Waals surface area contributed by atoms with Crippen molar-refractivity contribution in [3.8, 4) is 0 Å². The zero-order valence-electron chi connectivity index (χ0n) is 8.15. The molecule has 0 bridgehead atoms. The monoisotopic (exact) mass is 277 g/mol. The molecule has 0 atom stereocenters. The van der Waals surface area contributed by atoms with Gasteiger partial charge in [-0.05, 0) is 44.8 Å². The van der Waals surface area contributed by atoms with Crippen LogP contribution in [0.5, 0.6) is 0 Å². The average Bonchev–Trinajstić information content (AvgIpc) is 2.07. The Morgan fingerprint density at radius 3 is 1.18 bits per heavy atom. The quantitative estimate of drug-likeness (QED) is 0.637. The molecule has 0 spiro atoms. The van der Waals surface area contributed by atoms with E-state index in [1.165, 1.54) is 11.1 Å². The summed E-state index contributed by atoms with van der Waals surface area (Å²) in [6.07, 6.45) is 0. The van der Waals surface area contributed by atoms with Gasteiger partial charge in [-0.2, -0.15) is 0 Å². The van der Waals surface area contributed by atoms with Gasteiger partial charge in [0.05, 0.1) is 0 Å². The normalized spacial score (nSPS) is 19.4. The average molecular weight is 277 g/mol. The van der Waals surface area contributed by atoms with E-state index >= 15 is 0 Å². The minimum absolute atomic E-state index is 0. The first-order valence-electron chi connectivity index (χ1n) is 3.90. The summed E-state index contributed by atoms with van der Waals surface area (Å²) in [7, 11) is 0. The summed E-state index contributed by atoms with van der Waals surface area (Å²) >= 11 is 0. The molecule has 0 amide bonds. The summed E-state index contributed by atoms with van der Waals surface area (Å²) in [6, 6.07) is 0. The van der Waals surface area contributed by atoms with Crippen molar-refractivity contribution in [3.05, 3.63) is 22.3 Å². The predicted molar refractivity (Wildman–Crippen MR) is 45.9 cm³/mol. The van der Waals surface area contributed by atoms with Gasteiger partial charge in [-0.25, -0.2) is 0 Å². The van der Waals surface area contributed by atoms with Gasteiger partial charge >= 0.3 is 0 Å². The molecule has 0 saturated heterocycles. The second-order valence-corrected chi connectivity index (χ2v) is 3.34. The molecule has 59 valence electrons. The SMILES string of the molecule is CC1=C(C)C(C)C(C)=C1C.[Pr]. The fourth-order valence-corrected chi connectivity index (χ4v) is 1.57. The number of hydrogen-bond acceptors (Lipinski definition) is 0. The Labute approximate surface area is 103 Å². The molecule has 1 aliphatic rings. The summed E-state index contributed by atoms with van der Waals surface area (Å²) in [5.74, 6) is 0.694. The van der Waals surface area contributed by atoms with Crippen molar-refractivity contribution in [3.63, 3.8) is 0 Å². The Morgan fingerprint density at radius 2 is 1.09 bits per heavy atom. The molecular formula is C10H16Pr. The fraction of sp³-hybridized carbons (Fsp3) is 0.600. The number of hydrogen-bond donors (Lipinski definition) is 0. The summed E-state index contributed by atoms with van der Waals surface area (Å²) in [6.45, 7) is 11.2. The third kappa shape index (κ3) is 1.95. The maximum Gasteiger partial charge on any atom is 0 e. The molecule has 0 N–H and O–H groups in total. The molecule has 11 heavy (non-hydrogen) atoms. The van der Waals surface area contributed by atoms with Gasteiger partial charge in [0.25, 0.3) is 0 Å². The second kappa shape index (κ2) is 4.19. The molecule has 0 unspecified atom stereocenters. The van der Waals surface area contributed by atoms with Crippen LogP contribution in [-0.2, 0) is 0 Å². The number of allylic oxidation sites excluding steroid dienone is 4. The van der Waals surface area contributed by atoms with Gasteiger partial charge in [-0.3, -0.25) is 0 Å². The van der Waals surface area contributed by atoms with Gasteiger partial charge < -0.3 is 0 Å². The summed E-state index contributed by atoms with van der Waals surface area (Å²) in [5.41, 5.74) is 6.11. The van der Waals surface area contributed by atoms with Crippen molar-refractivity contribution in [2.45, 2.75) is 34.6 Å². The molecule has 1 rings (SSSR count). The van der Waals surface area contributed by atoms with Crippen LogP contribution in [0, 0.1) is 47.2 Å². The van der Waals surface area contributed by atoms with E-state index in [0.29, 0.717) is 5.92 Å². The van der Waals surface area contributed by atoms with Crippen molar-refractivity contribution in [2.75, 3.05) is 0 Å². The van der Waals surface area contributed by atoms with Crippen LogP contribution in [0.1, 0.15) is 34.6 Å². The van der Waals surface area contributed by atoms with Gasteiger partial charge in [0.1, 0.15) is 0 Å². The van der Waals surface area contributed by atoms with Gasteiger partial charge in [0.15, 0.2) is 0 Å². The molecule has 0 aromatic rings. The first-order valence-corrected chi connectivity index (χ1v) is 3.90. The Morgan fingerprint density at radius 1 is 0.818 bits per heavy atom. The van der Waals surface area contributed by atoms with Crippen LogP contribution in [0.3, 0.4) is 0 Å². The molecule has 0 nitrogen and oxygen atoms in total. The van der Waals surface area contributed by atoms with Crippen LogP contribution in [0.2, 0.25) is 0 Å². The molecule has 1 aliphatic carbocycles. The molecule has 0 saturated carbocycles. The summed E-state index contributed by atoms with van der Waals surface area (Å²) in [4.78, 5) is 0. The van der Waals surface area contributed by atoms with Crippen LogP contribution in [0.4, 0.5) is 0 Å². The maximum absolute atomic E-state index is 2.28. The first-order chi connectivity index (χ1) is 4.55. The molecule has 0 aromatic heterocycles. The van der Waals surface area contributed by atoms with Crippen LogP contribution in [0.25, 0.3) is 0 Å². The summed E-state index contributed by atoms with van der Waals surface area (Å²) in [5, 5.41) is 0. The molecule has 0 fully saturated rings. The standard InChI is InChI=1S/C10H16.Pr/c1-6-7(2)9(4)10(5)8(6)3;/h6H,1-5H3;. The number of rotatable bonds is 0. The van der Waals surface area contributed by atoms with E-state index < -0.39 is 0 Å². The first kappa shape index (κ1) is 11.8. The molecule has 1 heteroatoms. The van der Waals surface area contributed by atoms with Crippen molar-refractivity contribution in [1.82, 2.24) is 0 Å². The van der Waals surface area contributed by atoms with Crippen LogP contribution >= 0.6 is 0 Å². The van der Waals surface area contributed by atoms with Crippen LogP contribution in [0.15, 0.2) is 22.3 Å². The molecule has 1 radical (unpaired) electrons. The van der Waals surface area contributed by atoms with E-state index in [2.05, 4.69) is 34.6 Å². The minimum Gasteiger partial charge on any atom is -0.0632 e. The largest absolute Gasteiger partial charge is 0.0632 e. The molecular weight excluding hydrogens is 261 g/mol. The van der Waals surface area contributed by atoms with E-state index in [0.717, 1.165) is 0 Å². The smallest absolute Gasteiger partial charge is 0 e. The molecule has 0 aliphatic heterocycles. The Bertz CT molecular complexity index is 197. The predicted octanol–water partition coefficient (Wildman–Crippen LogP) is 3.31. The fourth-order valence-electron chi connectivity index (χ4n) is 1.57. The third-order valence-electron chi connectivity index (χ3n) is 3.04. The topological polar surface area (TPSA) is 0 Å². The zero-order valence-corrected chi connectivity index (χ0v) is 11.9. The molecule has 0 heterocycles. The van der Waals surface area contributed by atoms with E-state index in [1.807, 2.05) is 0 Å². The van der Waals surface area contributed by atoms with Gasteiger partial charge in [0.2, 0.25) is 0 Å². The third-order valence-corrected chi connectivity index (χ3v) is 3.04. The van der Waals surface area contributed by atoms with Crippen molar-refractivity contribution in [2.24, 2.45) is 5.92 Å². The van der Waals surface area contributed by atoms with E-state index in [4.69, 9.17) is 0 Å². The van der Waals surface area contributed by atoms with E-state index in [1.54, 1.807) is 11.1 Å². The minimum atomic E-state index is 0. The van der Waals surface area contributed by atoms with Gasteiger partial charge in [0, 0.05) is 41.3 Å². The Balaban J connectivity index is 0.000001000. The zero-order chi connectivity index (χ0) is 7.89. The maximum atomic E-state index is 2.28. The Kier molecular flexibility index (Phi) is 4.51. The van der Waals surface area contributed by atoms with Gasteiger partial charge in [-0.15, -0.1) is 0 Å². The Hall–Kier alpha value is 0.844. The van der Waals surface area contributed by atoms with Crippen molar-refractivity contribution < 1.29 is 41.3 Å². The molecule has 0 aromatic carbocycles. The van der Waals surface area contributed by atoms with Crippen molar-refractivity contribution >= 4 is 0 Å².